The summed E-state index contributed by atoms with van der Waals surface area (Å²) in [5, 5.41) is 14.1. The van der Waals surface area contributed by atoms with E-state index in [0.717, 1.165) is 57.9 Å². The minimum absolute atomic E-state index is 0.769. The Morgan fingerprint density at radius 3 is 3.00 bits per heavy atom. The fourth-order valence-corrected chi connectivity index (χ4v) is 2.78. The zero-order chi connectivity index (χ0) is 12.6. The molecule has 0 amide bonds. The normalized spacial score (nSPS) is 16.6. The summed E-state index contributed by atoms with van der Waals surface area (Å²) in [6.07, 6.45) is 1.16. The first-order chi connectivity index (χ1) is 8.88. The van der Waals surface area contributed by atoms with Gasteiger partial charge in [-0.1, -0.05) is 0 Å². The molecular formula is C13H19N3OS. The van der Waals surface area contributed by atoms with Gasteiger partial charge in [0.25, 0.3) is 0 Å². The summed E-state index contributed by atoms with van der Waals surface area (Å²) >= 11 is 1.65. The molecular weight excluding hydrogens is 246 g/mol. The van der Waals surface area contributed by atoms with Gasteiger partial charge in [-0.05, 0) is 25.6 Å². The summed E-state index contributed by atoms with van der Waals surface area (Å²) < 4.78 is 5.32. The molecule has 0 atom stereocenters. The number of ether oxygens (including phenoxy) is 1. The molecule has 1 aromatic heterocycles. The average Bonchev–Trinajstić information content (AvgIpc) is 2.87. The van der Waals surface area contributed by atoms with Crippen molar-refractivity contribution in [3.8, 4) is 6.07 Å². The van der Waals surface area contributed by atoms with E-state index in [1.165, 1.54) is 4.88 Å². The summed E-state index contributed by atoms with van der Waals surface area (Å²) in [6, 6.07) is 4.11. The lowest BCUT2D eigenvalue weighted by molar-refractivity contribution is 0.0374. The van der Waals surface area contributed by atoms with E-state index in [9.17, 15) is 0 Å². The van der Waals surface area contributed by atoms with Crippen LogP contribution in [-0.4, -0.2) is 44.3 Å². The van der Waals surface area contributed by atoms with Gasteiger partial charge in [0.1, 0.15) is 6.07 Å². The lowest BCUT2D eigenvalue weighted by Crippen LogP contribution is -2.37. The van der Waals surface area contributed by atoms with Gasteiger partial charge in [-0.15, -0.1) is 11.3 Å². The molecule has 1 fully saturated rings. The average molecular weight is 265 g/mol. The van der Waals surface area contributed by atoms with Crippen LogP contribution >= 0.6 is 11.3 Å². The molecule has 0 spiro atoms. The molecule has 1 aromatic rings. The third kappa shape index (κ3) is 4.39. The second-order valence-corrected chi connectivity index (χ2v) is 5.39. The Bertz CT molecular complexity index is 393. The number of hydrogen-bond acceptors (Lipinski definition) is 5. The Balaban J connectivity index is 1.54. The quantitative estimate of drug-likeness (QED) is 0.791. The molecule has 0 aliphatic carbocycles. The Morgan fingerprint density at radius 1 is 1.44 bits per heavy atom. The van der Waals surface area contributed by atoms with Gasteiger partial charge < -0.3 is 10.1 Å². The van der Waals surface area contributed by atoms with Crippen LogP contribution < -0.4 is 5.32 Å². The van der Waals surface area contributed by atoms with Crippen molar-refractivity contribution in [2.24, 2.45) is 0 Å². The third-order valence-electron chi connectivity index (χ3n) is 3.01. The highest BCUT2D eigenvalue weighted by molar-refractivity contribution is 7.10. The van der Waals surface area contributed by atoms with Gasteiger partial charge in [-0.2, -0.15) is 5.26 Å². The highest BCUT2D eigenvalue weighted by atomic mass is 32.1. The number of nitriles is 1. The topological polar surface area (TPSA) is 48.3 Å². The Morgan fingerprint density at radius 2 is 2.28 bits per heavy atom. The monoisotopic (exact) mass is 265 g/mol. The summed E-state index contributed by atoms with van der Waals surface area (Å²) in [7, 11) is 0. The first-order valence-electron chi connectivity index (χ1n) is 6.37. The van der Waals surface area contributed by atoms with Gasteiger partial charge in [0.15, 0.2) is 0 Å². The van der Waals surface area contributed by atoms with Crippen LogP contribution in [-0.2, 0) is 11.3 Å². The molecule has 18 heavy (non-hydrogen) atoms. The molecule has 1 saturated heterocycles. The van der Waals surface area contributed by atoms with E-state index >= 15 is 0 Å². The highest BCUT2D eigenvalue weighted by Gasteiger charge is 2.08. The van der Waals surface area contributed by atoms with E-state index in [2.05, 4.69) is 16.3 Å². The minimum atomic E-state index is 0.769. The largest absolute Gasteiger partial charge is 0.379 e. The number of morpholine rings is 1. The third-order valence-corrected chi connectivity index (χ3v) is 3.95. The highest BCUT2D eigenvalue weighted by Crippen LogP contribution is 2.13. The Kier molecular flexibility index (Phi) is 5.62. The molecule has 5 heteroatoms. The van der Waals surface area contributed by atoms with E-state index in [1.807, 2.05) is 11.4 Å². The summed E-state index contributed by atoms with van der Waals surface area (Å²) in [6.45, 7) is 6.92. The van der Waals surface area contributed by atoms with Gasteiger partial charge in [0, 0.05) is 29.9 Å². The van der Waals surface area contributed by atoms with Crippen molar-refractivity contribution in [2.75, 3.05) is 39.4 Å². The maximum absolute atomic E-state index is 8.73. The molecule has 0 saturated carbocycles. The lowest BCUT2D eigenvalue weighted by atomic mass is 10.3. The molecule has 1 aliphatic heterocycles. The zero-order valence-electron chi connectivity index (χ0n) is 10.5. The predicted octanol–water partition coefficient (Wildman–Crippen LogP) is 1.43. The fourth-order valence-electron chi connectivity index (χ4n) is 2.00. The van der Waals surface area contributed by atoms with Crippen LogP contribution in [0.15, 0.2) is 11.4 Å². The molecule has 1 N–H and O–H groups in total. The molecule has 0 bridgehead atoms. The van der Waals surface area contributed by atoms with E-state index < -0.39 is 0 Å². The fraction of sp³-hybridized carbons (Fsp3) is 0.615. The number of rotatable bonds is 6. The maximum atomic E-state index is 8.73. The molecule has 98 valence electrons. The van der Waals surface area contributed by atoms with Gasteiger partial charge in [-0.3, -0.25) is 4.90 Å². The standard InChI is InChI=1S/C13H19N3OS/c14-9-12-8-13(18-11-12)10-15-2-1-3-16-4-6-17-7-5-16/h8,11,15H,1-7,10H2. The molecule has 0 aromatic carbocycles. The van der Waals surface area contributed by atoms with Crippen molar-refractivity contribution in [1.82, 2.24) is 10.2 Å². The molecule has 0 unspecified atom stereocenters. The van der Waals surface area contributed by atoms with Crippen LogP contribution in [0.25, 0.3) is 0 Å². The van der Waals surface area contributed by atoms with Gasteiger partial charge in [-0.25, -0.2) is 0 Å². The van der Waals surface area contributed by atoms with Crippen molar-refractivity contribution in [2.45, 2.75) is 13.0 Å². The van der Waals surface area contributed by atoms with E-state index in [4.69, 9.17) is 10.00 Å². The first kappa shape index (κ1) is 13.5. The van der Waals surface area contributed by atoms with Crippen LogP contribution in [0, 0.1) is 11.3 Å². The number of nitrogens with zero attached hydrogens (tertiary/aromatic N) is 2. The van der Waals surface area contributed by atoms with Crippen LogP contribution in [0.4, 0.5) is 0 Å². The Labute approximate surface area is 112 Å². The maximum Gasteiger partial charge on any atom is 0.100 e. The van der Waals surface area contributed by atoms with E-state index in [0.29, 0.717) is 0 Å². The van der Waals surface area contributed by atoms with Crippen LogP contribution in [0.1, 0.15) is 16.9 Å². The molecule has 4 nitrogen and oxygen atoms in total. The van der Waals surface area contributed by atoms with Gasteiger partial charge >= 0.3 is 0 Å². The SMILES string of the molecule is N#Cc1csc(CNCCCN2CCOCC2)c1. The van der Waals surface area contributed by atoms with Gasteiger partial charge in [0.2, 0.25) is 0 Å². The van der Waals surface area contributed by atoms with Crippen molar-refractivity contribution in [3.05, 3.63) is 21.9 Å². The summed E-state index contributed by atoms with van der Waals surface area (Å²) in [5.41, 5.74) is 0.769. The molecule has 2 heterocycles. The van der Waals surface area contributed by atoms with Crippen molar-refractivity contribution in [1.29, 1.82) is 5.26 Å². The van der Waals surface area contributed by atoms with Crippen LogP contribution in [0.3, 0.4) is 0 Å². The first-order valence-corrected chi connectivity index (χ1v) is 7.25. The Hall–Kier alpha value is -0.930. The van der Waals surface area contributed by atoms with Crippen LogP contribution in [0.2, 0.25) is 0 Å². The zero-order valence-corrected chi connectivity index (χ0v) is 11.3. The van der Waals surface area contributed by atoms with Gasteiger partial charge in [0.05, 0.1) is 18.8 Å². The van der Waals surface area contributed by atoms with Crippen molar-refractivity contribution < 1.29 is 4.74 Å². The van der Waals surface area contributed by atoms with Crippen molar-refractivity contribution >= 4 is 11.3 Å². The van der Waals surface area contributed by atoms with Crippen LogP contribution in [0.5, 0.6) is 0 Å². The smallest absolute Gasteiger partial charge is 0.100 e. The second-order valence-electron chi connectivity index (χ2n) is 4.40. The molecule has 0 radical (unpaired) electrons. The number of nitrogens with one attached hydrogen (secondary N) is 1. The predicted molar refractivity (Wildman–Crippen MR) is 72.6 cm³/mol. The summed E-state index contributed by atoms with van der Waals surface area (Å²) in [5.74, 6) is 0. The summed E-state index contributed by atoms with van der Waals surface area (Å²) in [4.78, 5) is 3.68. The molecule has 2 rings (SSSR count). The lowest BCUT2D eigenvalue weighted by Gasteiger charge is -2.26. The number of hydrogen-bond donors (Lipinski definition) is 1. The molecule has 1 aliphatic rings. The van der Waals surface area contributed by atoms with Crippen molar-refractivity contribution in [3.63, 3.8) is 0 Å². The minimum Gasteiger partial charge on any atom is -0.379 e. The van der Waals surface area contributed by atoms with E-state index in [-0.39, 0.29) is 0 Å². The number of thiophene rings is 1. The van der Waals surface area contributed by atoms with E-state index in [1.54, 1.807) is 11.3 Å². The second kappa shape index (κ2) is 7.49.